The molecule has 3 rings (SSSR count). The highest BCUT2D eigenvalue weighted by molar-refractivity contribution is 8.00. The van der Waals surface area contributed by atoms with Gasteiger partial charge in [0.1, 0.15) is 16.8 Å². The fourth-order valence-electron chi connectivity index (χ4n) is 2.72. The molecule has 2 aromatic rings. The summed E-state index contributed by atoms with van der Waals surface area (Å²) in [4.78, 5) is 13.8. The van der Waals surface area contributed by atoms with Gasteiger partial charge in [0.25, 0.3) is 0 Å². The van der Waals surface area contributed by atoms with Crippen LogP contribution in [-0.4, -0.2) is 58.4 Å². The van der Waals surface area contributed by atoms with Crippen molar-refractivity contribution in [1.82, 2.24) is 19.9 Å². The fraction of sp³-hybridized carbons (Fsp3) is 0.471. The van der Waals surface area contributed by atoms with E-state index in [-0.39, 0.29) is 11.3 Å². The third-order valence-electron chi connectivity index (χ3n) is 3.87. The highest BCUT2D eigenvalue weighted by Gasteiger charge is 2.34. The molecule has 1 atom stereocenters. The van der Waals surface area contributed by atoms with Gasteiger partial charge in [-0.05, 0) is 24.6 Å². The van der Waals surface area contributed by atoms with Crippen LogP contribution in [-0.2, 0) is 16.1 Å². The van der Waals surface area contributed by atoms with Crippen LogP contribution in [0.25, 0.3) is 0 Å². The smallest absolute Gasteiger partial charge is 0.233 e. The van der Waals surface area contributed by atoms with Crippen LogP contribution in [0.2, 0.25) is 0 Å². The average molecular weight is 362 g/mol. The molecule has 134 valence electrons. The van der Waals surface area contributed by atoms with Gasteiger partial charge in [-0.1, -0.05) is 17.3 Å². The second-order valence-electron chi connectivity index (χ2n) is 5.66. The number of carbonyl (C=O) groups excluding carboxylic acids is 1. The summed E-state index contributed by atoms with van der Waals surface area (Å²) in [7, 11) is 1.63. The van der Waals surface area contributed by atoms with Crippen LogP contribution in [0, 0.1) is 0 Å². The van der Waals surface area contributed by atoms with Gasteiger partial charge in [-0.3, -0.25) is 4.79 Å². The van der Waals surface area contributed by atoms with Crippen molar-refractivity contribution in [3.8, 4) is 5.75 Å². The third kappa shape index (κ3) is 4.32. The van der Waals surface area contributed by atoms with Gasteiger partial charge in [0.05, 0.1) is 31.7 Å². The summed E-state index contributed by atoms with van der Waals surface area (Å²) >= 11 is 1.58. The number of hydrogen-bond acceptors (Lipinski definition) is 6. The molecule has 2 heterocycles. The number of benzene rings is 1. The van der Waals surface area contributed by atoms with Crippen LogP contribution in [0.1, 0.15) is 23.6 Å². The summed E-state index contributed by atoms with van der Waals surface area (Å²) in [6.07, 6.45) is 1.91. The largest absolute Gasteiger partial charge is 0.494 e. The maximum absolute atomic E-state index is 12.0. The van der Waals surface area contributed by atoms with Crippen LogP contribution in [0.4, 0.5) is 0 Å². The number of methoxy groups -OCH3 is 1. The molecular formula is C17H22N4O3S. The molecule has 1 aromatic carbocycles. The molecule has 1 aromatic heterocycles. The van der Waals surface area contributed by atoms with Crippen LogP contribution in [0.3, 0.4) is 0 Å². The SMILES string of the molecule is CCOc1cccc(Cn2cc(C3SCC(=O)N3CCOC)nn2)c1. The van der Waals surface area contributed by atoms with Crippen molar-refractivity contribution in [2.75, 3.05) is 32.6 Å². The van der Waals surface area contributed by atoms with E-state index in [2.05, 4.69) is 10.3 Å². The van der Waals surface area contributed by atoms with Gasteiger partial charge in [0.2, 0.25) is 5.91 Å². The first kappa shape index (κ1) is 17.8. The molecule has 1 fully saturated rings. The van der Waals surface area contributed by atoms with E-state index in [1.807, 2.05) is 37.4 Å². The summed E-state index contributed by atoms with van der Waals surface area (Å²) in [6, 6.07) is 7.94. The molecule has 1 unspecified atom stereocenters. The van der Waals surface area contributed by atoms with Crippen LogP contribution in [0.15, 0.2) is 30.5 Å². The molecule has 1 aliphatic rings. The first-order chi connectivity index (χ1) is 12.2. The Hall–Kier alpha value is -2.06. The minimum Gasteiger partial charge on any atom is -0.494 e. The van der Waals surface area contributed by atoms with E-state index >= 15 is 0 Å². The highest BCUT2D eigenvalue weighted by atomic mass is 32.2. The molecule has 1 amide bonds. The Morgan fingerprint density at radius 2 is 2.28 bits per heavy atom. The summed E-state index contributed by atoms with van der Waals surface area (Å²) in [5.41, 5.74) is 1.89. The number of thioether (sulfide) groups is 1. The van der Waals surface area contributed by atoms with Crippen LogP contribution < -0.4 is 4.74 Å². The number of rotatable bonds is 8. The Morgan fingerprint density at radius 3 is 3.08 bits per heavy atom. The second-order valence-corrected chi connectivity index (χ2v) is 6.73. The normalized spacial score (nSPS) is 17.3. The van der Waals surface area contributed by atoms with Crippen LogP contribution in [0.5, 0.6) is 5.75 Å². The average Bonchev–Trinajstić information content (AvgIpc) is 3.20. The quantitative estimate of drug-likeness (QED) is 0.715. The number of carbonyl (C=O) groups is 1. The maximum Gasteiger partial charge on any atom is 0.233 e. The standard InChI is InChI=1S/C17H22N4O3S/c1-3-24-14-6-4-5-13(9-14)10-20-11-15(18-19-20)17-21(7-8-23-2)16(22)12-25-17/h4-6,9,11,17H,3,7-8,10,12H2,1-2H3. The van der Waals surface area contributed by atoms with Crippen molar-refractivity contribution in [2.45, 2.75) is 18.8 Å². The zero-order valence-electron chi connectivity index (χ0n) is 14.4. The lowest BCUT2D eigenvalue weighted by Gasteiger charge is -2.21. The molecule has 8 heteroatoms. The van der Waals surface area contributed by atoms with Crippen LogP contribution >= 0.6 is 11.8 Å². The van der Waals surface area contributed by atoms with Crippen molar-refractivity contribution >= 4 is 17.7 Å². The molecule has 0 aliphatic carbocycles. The Labute approximate surface area is 151 Å². The van der Waals surface area contributed by atoms with Gasteiger partial charge in [0.15, 0.2) is 0 Å². The number of aromatic nitrogens is 3. The van der Waals surface area contributed by atoms with Crippen molar-refractivity contribution in [3.63, 3.8) is 0 Å². The molecule has 1 aliphatic heterocycles. The van der Waals surface area contributed by atoms with E-state index in [9.17, 15) is 4.79 Å². The minimum atomic E-state index is -0.0915. The first-order valence-electron chi connectivity index (χ1n) is 8.23. The van der Waals surface area contributed by atoms with Gasteiger partial charge in [-0.25, -0.2) is 4.68 Å². The lowest BCUT2D eigenvalue weighted by molar-refractivity contribution is -0.128. The van der Waals surface area contributed by atoms with E-state index in [0.29, 0.717) is 32.1 Å². The highest BCUT2D eigenvalue weighted by Crippen LogP contribution is 2.37. The predicted octanol–water partition coefficient (Wildman–Crippen LogP) is 1.95. The molecule has 0 radical (unpaired) electrons. The Balaban J connectivity index is 1.69. The lowest BCUT2D eigenvalue weighted by atomic mass is 10.2. The first-order valence-corrected chi connectivity index (χ1v) is 9.28. The van der Waals surface area contributed by atoms with Gasteiger partial charge in [-0.2, -0.15) is 0 Å². The number of hydrogen-bond donors (Lipinski definition) is 0. The van der Waals surface area contributed by atoms with E-state index in [4.69, 9.17) is 9.47 Å². The molecule has 0 spiro atoms. The molecule has 1 saturated heterocycles. The third-order valence-corrected chi connectivity index (χ3v) is 5.09. The monoisotopic (exact) mass is 362 g/mol. The molecular weight excluding hydrogens is 340 g/mol. The predicted molar refractivity (Wildman–Crippen MR) is 95.5 cm³/mol. The summed E-state index contributed by atoms with van der Waals surface area (Å²) in [5, 5.41) is 8.40. The summed E-state index contributed by atoms with van der Waals surface area (Å²) < 4.78 is 12.4. The molecule has 0 N–H and O–H groups in total. The summed E-state index contributed by atoms with van der Waals surface area (Å²) in [5.74, 6) is 1.44. The van der Waals surface area contributed by atoms with Crippen molar-refractivity contribution in [1.29, 1.82) is 0 Å². The van der Waals surface area contributed by atoms with Gasteiger partial charge in [-0.15, -0.1) is 16.9 Å². The molecule has 0 bridgehead atoms. The number of amides is 1. The summed E-state index contributed by atoms with van der Waals surface area (Å²) in [6.45, 7) is 4.29. The van der Waals surface area contributed by atoms with Crippen molar-refractivity contribution in [2.24, 2.45) is 0 Å². The van der Waals surface area contributed by atoms with Gasteiger partial charge < -0.3 is 14.4 Å². The molecule has 0 saturated carbocycles. The Bertz CT molecular complexity index is 721. The van der Waals surface area contributed by atoms with E-state index < -0.39 is 0 Å². The second kappa shape index (κ2) is 8.35. The zero-order valence-corrected chi connectivity index (χ0v) is 15.2. The fourth-order valence-corrected chi connectivity index (χ4v) is 3.87. The Morgan fingerprint density at radius 1 is 1.40 bits per heavy atom. The van der Waals surface area contributed by atoms with E-state index in [1.165, 1.54) is 0 Å². The van der Waals surface area contributed by atoms with Gasteiger partial charge in [0, 0.05) is 13.7 Å². The number of ether oxygens (including phenoxy) is 2. The van der Waals surface area contributed by atoms with Crippen molar-refractivity contribution < 1.29 is 14.3 Å². The lowest BCUT2D eigenvalue weighted by Crippen LogP contribution is -2.31. The topological polar surface area (TPSA) is 69.5 Å². The number of nitrogens with zero attached hydrogens (tertiary/aromatic N) is 4. The van der Waals surface area contributed by atoms with E-state index in [0.717, 1.165) is 17.0 Å². The molecule has 25 heavy (non-hydrogen) atoms. The van der Waals surface area contributed by atoms with E-state index in [1.54, 1.807) is 28.5 Å². The van der Waals surface area contributed by atoms with Gasteiger partial charge >= 0.3 is 0 Å². The zero-order chi connectivity index (χ0) is 17.6. The Kier molecular flexibility index (Phi) is 5.93. The van der Waals surface area contributed by atoms with Crippen molar-refractivity contribution in [3.05, 3.63) is 41.7 Å². The molecule has 7 nitrogen and oxygen atoms in total. The maximum atomic E-state index is 12.0. The minimum absolute atomic E-state index is 0.0915.